The number of nitrogens with zero attached hydrogens (tertiary/aromatic N) is 1. The Morgan fingerprint density at radius 2 is 2.07 bits per heavy atom. The van der Waals surface area contributed by atoms with Crippen molar-refractivity contribution in [1.82, 2.24) is 0 Å². The minimum absolute atomic E-state index is 0.0139. The molecule has 4 rings (SSSR count). The number of esters is 1. The van der Waals surface area contributed by atoms with Crippen LogP contribution >= 0.6 is 0 Å². The molecule has 0 radical (unpaired) electrons. The van der Waals surface area contributed by atoms with E-state index in [1.807, 2.05) is 0 Å². The van der Waals surface area contributed by atoms with Crippen molar-refractivity contribution in [2.75, 3.05) is 0 Å². The number of hydrogen-bond donors (Lipinski definition) is 1. The molecule has 2 saturated carbocycles. The topological polar surface area (TPSA) is 87.4 Å². The Morgan fingerprint density at radius 3 is 2.76 bits per heavy atom. The summed E-state index contributed by atoms with van der Waals surface area (Å²) >= 11 is 0. The van der Waals surface area contributed by atoms with Crippen LogP contribution in [0.5, 0.6) is 0 Å². The lowest BCUT2D eigenvalue weighted by Crippen LogP contribution is -2.48. The van der Waals surface area contributed by atoms with Crippen LogP contribution in [0.15, 0.2) is 23.8 Å². The fourth-order valence-electron chi connectivity index (χ4n) is 6.66. The molecule has 1 saturated heterocycles. The molecule has 3 aliphatic carbocycles. The number of fused-ring (bicyclic) bond motifs is 2. The van der Waals surface area contributed by atoms with Gasteiger partial charge in [-0.1, -0.05) is 50.3 Å². The van der Waals surface area contributed by atoms with Crippen LogP contribution in [0.2, 0.25) is 0 Å². The molecule has 3 fully saturated rings. The van der Waals surface area contributed by atoms with Crippen LogP contribution in [0.4, 0.5) is 0 Å². The highest BCUT2D eigenvalue weighted by Gasteiger charge is 2.57. The van der Waals surface area contributed by atoms with Gasteiger partial charge in [0.05, 0.1) is 12.0 Å². The number of carboxylic acids is 1. The van der Waals surface area contributed by atoms with Gasteiger partial charge in [0, 0.05) is 23.8 Å². The normalized spacial score (nSPS) is 37.1. The summed E-state index contributed by atoms with van der Waals surface area (Å²) in [6.45, 7) is 4.13. The van der Waals surface area contributed by atoms with Crippen molar-refractivity contribution in [3.8, 4) is 6.07 Å². The summed E-state index contributed by atoms with van der Waals surface area (Å²) in [4.78, 5) is 23.6. The van der Waals surface area contributed by atoms with Gasteiger partial charge in [0.15, 0.2) is 0 Å². The first kappa shape index (κ1) is 20.2. The third kappa shape index (κ3) is 3.74. The zero-order chi connectivity index (χ0) is 20.5. The van der Waals surface area contributed by atoms with E-state index < -0.39 is 5.97 Å². The summed E-state index contributed by atoms with van der Waals surface area (Å²) in [6, 6.07) is 2.47. The average molecular weight is 398 g/mol. The van der Waals surface area contributed by atoms with Crippen molar-refractivity contribution < 1.29 is 19.4 Å². The maximum atomic E-state index is 12.5. The SMILES string of the molecule is C=C1C(=O)OC2C(CCCC(=O)O)C3=CCC(C#N)CC3C(C3CCCCC3)C12. The van der Waals surface area contributed by atoms with E-state index in [0.29, 0.717) is 36.2 Å². The summed E-state index contributed by atoms with van der Waals surface area (Å²) in [5, 5.41) is 18.7. The number of carboxylic acid groups (broad SMARTS) is 1. The molecular formula is C24H31NO4. The van der Waals surface area contributed by atoms with Crippen molar-refractivity contribution in [2.24, 2.45) is 35.5 Å². The van der Waals surface area contributed by atoms with E-state index in [-0.39, 0.29) is 36.2 Å². The van der Waals surface area contributed by atoms with E-state index in [2.05, 4.69) is 18.7 Å². The zero-order valence-electron chi connectivity index (χ0n) is 17.0. The van der Waals surface area contributed by atoms with E-state index in [1.165, 1.54) is 37.7 Å². The first-order valence-corrected chi connectivity index (χ1v) is 11.2. The Kier molecular flexibility index (Phi) is 5.81. The molecule has 0 spiro atoms. The monoisotopic (exact) mass is 397 g/mol. The fraction of sp³-hybridized carbons (Fsp3) is 0.708. The van der Waals surface area contributed by atoms with Crippen LogP contribution in [-0.4, -0.2) is 23.1 Å². The van der Waals surface area contributed by atoms with Gasteiger partial charge in [-0.2, -0.15) is 5.26 Å². The van der Waals surface area contributed by atoms with Crippen LogP contribution in [0.3, 0.4) is 0 Å². The van der Waals surface area contributed by atoms with Gasteiger partial charge in [0.2, 0.25) is 0 Å². The standard InChI is InChI=1S/C24H31NO4/c1-14-21-22(16-6-3-2-4-7-16)19-12-15(13-25)10-11-17(19)18(8-5-9-20(26)27)23(21)29-24(14)28/h11,15-16,18-19,21-23H,1-10,12H2,(H,26,27). The fourth-order valence-corrected chi connectivity index (χ4v) is 6.66. The zero-order valence-corrected chi connectivity index (χ0v) is 17.0. The molecule has 5 heteroatoms. The molecule has 5 nitrogen and oxygen atoms in total. The van der Waals surface area contributed by atoms with Crippen LogP contribution in [0, 0.1) is 46.8 Å². The van der Waals surface area contributed by atoms with Gasteiger partial charge in [-0.3, -0.25) is 4.79 Å². The molecule has 0 aromatic rings. The number of carbonyl (C=O) groups excluding carboxylic acids is 1. The van der Waals surface area contributed by atoms with Gasteiger partial charge in [-0.15, -0.1) is 0 Å². The number of hydrogen-bond acceptors (Lipinski definition) is 4. The van der Waals surface area contributed by atoms with Gasteiger partial charge in [0.25, 0.3) is 0 Å². The number of carbonyl (C=O) groups is 2. The highest BCUT2D eigenvalue weighted by Crippen LogP contribution is 2.58. The van der Waals surface area contributed by atoms with Gasteiger partial charge in [-0.05, 0) is 43.4 Å². The highest BCUT2D eigenvalue weighted by atomic mass is 16.6. The van der Waals surface area contributed by atoms with Crippen LogP contribution in [0.1, 0.15) is 64.2 Å². The number of aliphatic carboxylic acids is 1. The number of ether oxygens (including phenoxy) is 1. The lowest BCUT2D eigenvalue weighted by Gasteiger charge is -2.51. The third-order valence-corrected chi connectivity index (χ3v) is 7.85. The van der Waals surface area contributed by atoms with Crippen molar-refractivity contribution in [3.63, 3.8) is 0 Å². The molecule has 0 bridgehead atoms. The molecule has 0 aromatic carbocycles. The van der Waals surface area contributed by atoms with Crippen molar-refractivity contribution in [1.29, 1.82) is 5.26 Å². The second-order valence-electron chi connectivity index (χ2n) is 9.40. The second-order valence-corrected chi connectivity index (χ2v) is 9.40. The van der Waals surface area contributed by atoms with Crippen LogP contribution in [0.25, 0.3) is 0 Å². The molecule has 6 unspecified atom stereocenters. The molecule has 1 aliphatic heterocycles. The Labute approximate surface area is 172 Å². The molecule has 1 heterocycles. The lowest BCUT2D eigenvalue weighted by atomic mass is 9.53. The lowest BCUT2D eigenvalue weighted by molar-refractivity contribution is -0.143. The predicted octanol–water partition coefficient (Wildman–Crippen LogP) is 4.64. The van der Waals surface area contributed by atoms with Crippen molar-refractivity contribution in [3.05, 3.63) is 23.8 Å². The molecule has 4 aliphatic rings. The quantitative estimate of drug-likeness (QED) is 0.415. The summed E-state index contributed by atoms with van der Waals surface area (Å²) in [6.07, 6.45) is 11.1. The number of allylic oxidation sites excluding steroid dienone is 1. The Hall–Kier alpha value is -2.09. The van der Waals surface area contributed by atoms with Crippen molar-refractivity contribution in [2.45, 2.75) is 70.3 Å². The maximum absolute atomic E-state index is 12.5. The molecule has 156 valence electrons. The van der Waals surface area contributed by atoms with E-state index >= 15 is 0 Å². The molecule has 29 heavy (non-hydrogen) atoms. The third-order valence-electron chi connectivity index (χ3n) is 7.85. The van der Waals surface area contributed by atoms with E-state index in [9.17, 15) is 14.9 Å². The Balaban J connectivity index is 1.70. The average Bonchev–Trinajstić information content (AvgIpc) is 3.02. The Bertz CT molecular complexity index is 757. The molecule has 1 N–H and O–H groups in total. The molecular weight excluding hydrogens is 366 g/mol. The van der Waals surface area contributed by atoms with Crippen LogP contribution in [-0.2, 0) is 14.3 Å². The van der Waals surface area contributed by atoms with Crippen molar-refractivity contribution >= 4 is 11.9 Å². The smallest absolute Gasteiger partial charge is 0.334 e. The summed E-state index contributed by atoms with van der Waals surface area (Å²) < 4.78 is 5.88. The van der Waals surface area contributed by atoms with E-state index in [0.717, 1.165) is 12.8 Å². The van der Waals surface area contributed by atoms with Gasteiger partial charge in [-0.25, -0.2) is 4.79 Å². The van der Waals surface area contributed by atoms with Gasteiger partial charge < -0.3 is 9.84 Å². The van der Waals surface area contributed by atoms with E-state index in [4.69, 9.17) is 9.84 Å². The number of nitriles is 1. The summed E-state index contributed by atoms with van der Waals surface area (Å²) in [7, 11) is 0. The van der Waals surface area contributed by atoms with Gasteiger partial charge >= 0.3 is 11.9 Å². The Morgan fingerprint density at radius 1 is 1.31 bits per heavy atom. The van der Waals surface area contributed by atoms with Crippen LogP contribution < -0.4 is 0 Å². The largest absolute Gasteiger partial charge is 0.481 e. The summed E-state index contributed by atoms with van der Waals surface area (Å²) in [5.74, 6) is 0.193. The molecule has 0 amide bonds. The number of rotatable bonds is 5. The molecule has 6 atom stereocenters. The summed E-state index contributed by atoms with van der Waals surface area (Å²) in [5.41, 5.74) is 1.94. The minimum Gasteiger partial charge on any atom is -0.481 e. The second kappa shape index (κ2) is 8.34. The first-order valence-electron chi connectivity index (χ1n) is 11.2. The molecule has 0 aromatic heterocycles. The predicted molar refractivity (Wildman–Crippen MR) is 107 cm³/mol. The highest BCUT2D eigenvalue weighted by molar-refractivity contribution is 5.91. The first-order chi connectivity index (χ1) is 14.0. The van der Waals surface area contributed by atoms with Gasteiger partial charge in [0.1, 0.15) is 6.10 Å². The van der Waals surface area contributed by atoms with E-state index in [1.54, 1.807) is 0 Å². The minimum atomic E-state index is -0.788. The maximum Gasteiger partial charge on any atom is 0.334 e.